The summed E-state index contributed by atoms with van der Waals surface area (Å²) in [5, 5.41) is 5.78. The van der Waals surface area contributed by atoms with E-state index in [9.17, 15) is 9.59 Å². The Labute approximate surface area is 170 Å². The standard InChI is InChI=1S/C23H24N4O2/c1-2-16-11-13-18(14-12-16)24-22(28)20-19-10-6-7-15-27(19)21(26-20)23(29)25-17-8-4-3-5-9-17/h3-5,8-9,11-14H,2,6-7,10,15H2,1H3,(H,24,28)(H,25,29). The molecule has 2 heterocycles. The highest BCUT2D eigenvalue weighted by Crippen LogP contribution is 2.23. The fraction of sp³-hybridized carbons (Fsp3) is 0.261. The van der Waals surface area contributed by atoms with Crippen molar-refractivity contribution < 1.29 is 9.59 Å². The Hall–Kier alpha value is -3.41. The number of benzene rings is 2. The summed E-state index contributed by atoms with van der Waals surface area (Å²) in [6.07, 6.45) is 3.64. The minimum absolute atomic E-state index is 0.279. The summed E-state index contributed by atoms with van der Waals surface area (Å²) in [5.41, 5.74) is 3.80. The quantitative estimate of drug-likeness (QED) is 0.685. The Morgan fingerprint density at radius 2 is 1.62 bits per heavy atom. The van der Waals surface area contributed by atoms with Crippen molar-refractivity contribution >= 4 is 23.2 Å². The van der Waals surface area contributed by atoms with E-state index in [1.807, 2.05) is 59.2 Å². The number of nitrogens with one attached hydrogen (secondary N) is 2. The number of fused-ring (bicyclic) bond motifs is 1. The zero-order valence-electron chi connectivity index (χ0n) is 16.4. The van der Waals surface area contributed by atoms with Crippen molar-refractivity contribution in [1.82, 2.24) is 9.55 Å². The lowest BCUT2D eigenvalue weighted by atomic mass is 10.1. The molecule has 4 rings (SSSR count). The molecule has 0 unspecified atom stereocenters. The first-order valence-electron chi connectivity index (χ1n) is 10.0. The Morgan fingerprint density at radius 1 is 0.931 bits per heavy atom. The van der Waals surface area contributed by atoms with Crippen LogP contribution in [0.4, 0.5) is 11.4 Å². The van der Waals surface area contributed by atoms with Crippen LogP contribution in [-0.4, -0.2) is 21.4 Å². The Bertz CT molecular complexity index is 1020. The van der Waals surface area contributed by atoms with Crippen molar-refractivity contribution in [3.8, 4) is 0 Å². The SMILES string of the molecule is CCc1ccc(NC(=O)c2nc(C(=O)Nc3ccccc3)n3c2CCCC3)cc1. The zero-order valence-corrected chi connectivity index (χ0v) is 16.4. The van der Waals surface area contributed by atoms with E-state index >= 15 is 0 Å². The van der Waals surface area contributed by atoms with E-state index in [-0.39, 0.29) is 17.6 Å². The van der Waals surface area contributed by atoms with Crippen LogP contribution in [0, 0.1) is 0 Å². The van der Waals surface area contributed by atoms with Gasteiger partial charge in [0.05, 0.1) is 5.69 Å². The zero-order chi connectivity index (χ0) is 20.2. The molecule has 0 bridgehead atoms. The van der Waals surface area contributed by atoms with Gasteiger partial charge in [0, 0.05) is 17.9 Å². The second-order valence-corrected chi connectivity index (χ2v) is 7.16. The molecule has 0 fully saturated rings. The van der Waals surface area contributed by atoms with E-state index in [0.29, 0.717) is 17.9 Å². The average molecular weight is 388 g/mol. The van der Waals surface area contributed by atoms with Gasteiger partial charge < -0.3 is 15.2 Å². The van der Waals surface area contributed by atoms with Crippen molar-refractivity contribution in [2.45, 2.75) is 39.2 Å². The predicted octanol–water partition coefficient (Wildman–Crippen LogP) is 4.29. The first kappa shape index (κ1) is 18.9. The van der Waals surface area contributed by atoms with Gasteiger partial charge >= 0.3 is 0 Å². The normalized spacial score (nSPS) is 12.9. The lowest BCUT2D eigenvalue weighted by Crippen LogP contribution is -2.21. The molecular weight excluding hydrogens is 364 g/mol. The molecule has 0 aliphatic carbocycles. The highest BCUT2D eigenvalue weighted by molar-refractivity contribution is 6.07. The Balaban J connectivity index is 1.60. The number of carbonyl (C=O) groups is 2. The molecule has 0 radical (unpaired) electrons. The van der Waals surface area contributed by atoms with Gasteiger partial charge in [0.25, 0.3) is 11.8 Å². The number of para-hydroxylation sites is 1. The van der Waals surface area contributed by atoms with E-state index in [1.54, 1.807) is 0 Å². The Kier molecular flexibility index (Phi) is 5.42. The van der Waals surface area contributed by atoms with E-state index in [0.717, 1.165) is 37.1 Å². The summed E-state index contributed by atoms with van der Waals surface area (Å²) in [6, 6.07) is 17.0. The summed E-state index contributed by atoms with van der Waals surface area (Å²) < 4.78 is 1.89. The number of carbonyl (C=O) groups excluding carboxylic acids is 2. The van der Waals surface area contributed by atoms with Crippen molar-refractivity contribution in [2.75, 3.05) is 10.6 Å². The second kappa shape index (κ2) is 8.31. The topological polar surface area (TPSA) is 76.0 Å². The van der Waals surface area contributed by atoms with Gasteiger partial charge in [-0.05, 0) is 55.5 Å². The molecule has 0 spiro atoms. The van der Waals surface area contributed by atoms with Gasteiger partial charge in [-0.25, -0.2) is 4.98 Å². The smallest absolute Gasteiger partial charge is 0.291 e. The number of nitrogens with zero attached hydrogens (tertiary/aromatic N) is 2. The van der Waals surface area contributed by atoms with Gasteiger partial charge in [-0.3, -0.25) is 9.59 Å². The molecule has 0 atom stereocenters. The number of amides is 2. The monoisotopic (exact) mass is 388 g/mol. The molecule has 148 valence electrons. The van der Waals surface area contributed by atoms with Gasteiger partial charge in [-0.2, -0.15) is 0 Å². The number of aromatic nitrogens is 2. The number of anilines is 2. The summed E-state index contributed by atoms with van der Waals surface area (Å²) in [6.45, 7) is 2.78. The first-order chi connectivity index (χ1) is 14.2. The molecule has 6 nitrogen and oxygen atoms in total. The minimum atomic E-state index is -0.300. The van der Waals surface area contributed by atoms with Crippen LogP contribution >= 0.6 is 0 Å². The molecule has 29 heavy (non-hydrogen) atoms. The fourth-order valence-corrected chi connectivity index (χ4v) is 3.62. The van der Waals surface area contributed by atoms with Crippen LogP contribution in [0.15, 0.2) is 54.6 Å². The van der Waals surface area contributed by atoms with Gasteiger partial charge in [0.15, 0.2) is 11.5 Å². The highest BCUT2D eigenvalue weighted by Gasteiger charge is 2.27. The van der Waals surface area contributed by atoms with Crippen molar-refractivity contribution in [3.05, 3.63) is 77.4 Å². The molecule has 0 saturated carbocycles. The van der Waals surface area contributed by atoms with Gasteiger partial charge in [-0.1, -0.05) is 37.3 Å². The number of rotatable bonds is 5. The maximum atomic E-state index is 12.9. The van der Waals surface area contributed by atoms with E-state index < -0.39 is 0 Å². The molecular formula is C23H24N4O2. The van der Waals surface area contributed by atoms with Crippen LogP contribution in [-0.2, 0) is 19.4 Å². The second-order valence-electron chi connectivity index (χ2n) is 7.16. The number of imidazole rings is 1. The van der Waals surface area contributed by atoms with Crippen molar-refractivity contribution in [3.63, 3.8) is 0 Å². The lowest BCUT2D eigenvalue weighted by molar-refractivity contribution is 0.101. The van der Waals surface area contributed by atoms with Crippen molar-refractivity contribution in [2.24, 2.45) is 0 Å². The molecule has 3 aromatic rings. The summed E-state index contributed by atoms with van der Waals surface area (Å²) in [4.78, 5) is 30.2. The van der Waals surface area contributed by atoms with Crippen LogP contribution in [0.2, 0.25) is 0 Å². The largest absolute Gasteiger partial charge is 0.323 e. The molecule has 2 amide bonds. The molecule has 0 saturated heterocycles. The van der Waals surface area contributed by atoms with E-state index in [1.165, 1.54) is 5.56 Å². The Morgan fingerprint density at radius 3 is 2.34 bits per heavy atom. The maximum absolute atomic E-state index is 12.9. The third kappa shape index (κ3) is 4.06. The van der Waals surface area contributed by atoms with Crippen LogP contribution in [0.25, 0.3) is 0 Å². The molecule has 2 N–H and O–H groups in total. The summed E-state index contributed by atoms with van der Waals surface area (Å²) >= 11 is 0. The lowest BCUT2D eigenvalue weighted by Gasteiger charge is -2.17. The van der Waals surface area contributed by atoms with Crippen LogP contribution in [0.3, 0.4) is 0 Å². The van der Waals surface area contributed by atoms with Crippen molar-refractivity contribution in [1.29, 1.82) is 0 Å². The van der Waals surface area contributed by atoms with Crippen LogP contribution < -0.4 is 10.6 Å². The highest BCUT2D eigenvalue weighted by atomic mass is 16.2. The third-order valence-electron chi connectivity index (χ3n) is 5.19. The fourth-order valence-electron chi connectivity index (χ4n) is 3.62. The number of aryl methyl sites for hydroxylation is 1. The third-order valence-corrected chi connectivity index (χ3v) is 5.19. The van der Waals surface area contributed by atoms with E-state index in [4.69, 9.17) is 0 Å². The summed E-state index contributed by atoms with van der Waals surface area (Å²) in [7, 11) is 0. The van der Waals surface area contributed by atoms with E-state index in [2.05, 4.69) is 22.5 Å². The molecule has 2 aromatic carbocycles. The molecule has 1 aromatic heterocycles. The van der Waals surface area contributed by atoms with Crippen LogP contribution in [0.5, 0.6) is 0 Å². The number of hydrogen-bond acceptors (Lipinski definition) is 3. The minimum Gasteiger partial charge on any atom is -0.323 e. The average Bonchev–Trinajstić information content (AvgIpc) is 3.15. The van der Waals surface area contributed by atoms with Crippen LogP contribution in [0.1, 0.15) is 52.1 Å². The van der Waals surface area contributed by atoms with Gasteiger partial charge in [-0.15, -0.1) is 0 Å². The molecule has 1 aliphatic rings. The molecule has 1 aliphatic heterocycles. The first-order valence-corrected chi connectivity index (χ1v) is 10.0. The van der Waals surface area contributed by atoms with Gasteiger partial charge in [0.1, 0.15) is 0 Å². The summed E-state index contributed by atoms with van der Waals surface area (Å²) in [5.74, 6) is -0.292. The predicted molar refractivity (Wildman–Crippen MR) is 113 cm³/mol. The van der Waals surface area contributed by atoms with Gasteiger partial charge in [0.2, 0.25) is 0 Å². The number of hydrogen-bond donors (Lipinski definition) is 2. The maximum Gasteiger partial charge on any atom is 0.291 e. The molecule has 6 heteroatoms.